The molecule has 92 valence electrons. The third kappa shape index (κ3) is 1.88. The number of para-hydroxylation sites is 2. The molecular weight excluding hydrogens is 230 g/mol. The number of benzene rings is 1. The van der Waals surface area contributed by atoms with Gasteiger partial charge in [0.2, 0.25) is 5.95 Å². The highest BCUT2D eigenvalue weighted by molar-refractivity contribution is 6.02. The molecule has 1 aliphatic rings. The third-order valence-electron chi connectivity index (χ3n) is 3.10. The van der Waals surface area contributed by atoms with Crippen molar-refractivity contribution in [2.24, 2.45) is 10.9 Å². The SMILES string of the molecule is C/C(=N\c1nc2ccccc2[nH]1)C1CCOC1=O. The van der Waals surface area contributed by atoms with Gasteiger partial charge in [0.25, 0.3) is 0 Å². The van der Waals surface area contributed by atoms with E-state index in [4.69, 9.17) is 4.74 Å². The molecule has 0 spiro atoms. The summed E-state index contributed by atoms with van der Waals surface area (Å²) < 4.78 is 4.93. The molecule has 1 aromatic carbocycles. The number of esters is 1. The van der Waals surface area contributed by atoms with Crippen LogP contribution in [0, 0.1) is 5.92 Å². The molecule has 1 aliphatic heterocycles. The average molecular weight is 243 g/mol. The first-order valence-electron chi connectivity index (χ1n) is 5.90. The second-order valence-corrected chi connectivity index (χ2v) is 4.34. The first-order valence-corrected chi connectivity index (χ1v) is 5.90. The van der Waals surface area contributed by atoms with Gasteiger partial charge in [-0.05, 0) is 19.1 Å². The highest BCUT2D eigenvalue weighted by atomic mass is 16.5. The molecule has 0 radical (unpaired) electrons. The molecule has 2 aromatic rings. The lowest BCUT2D eigenvalue weighted by Gasteiger charge is -2.02. The number of hydrogen-bond donors (Lipinski definition) is 1. The Labute approximate surface area is 104 Å². The normalized spacial score (nSPS) is 20.4. The minimum absolute atomic E-state index is 0.188. The molecule has 1 fully saturated rings. The van der Waals surface area contributed by atoms with E-state index < -0.39 is 0 Å². The summed E-state index contributed by atoms with van der Waals surface area (Å²) in [5.74, 6) is 0.124. The van der Waals surface area contributed by atoms with Crippen LogP contribution < -0.4 is 0 Å². The summed E-state index contributed by atoms with van der Waals surface area (Å²) in [6, 6.07) is 7.73. The number of fused-ring (bicyclic) bond motifs is 1. The molecule has 1 aromatic heterocycles. The number of cyclic esters (lactones) is 1. The summed E-state index contributed by atoms with van der Waals surface area (Å²) in [4.78, 5) is 23.3. The van der Waals surface area contributed by atoms with Crippen LogP contribution in [0.2, 0.25) is 0 Å². The van der Waals surface area contributed by atoms with Crippen molar-refractivity contribution in [3.63, 3.8) is 0 Å². The van der Waals surface area contributed by atoms with Crippen molar-refractivity contribution in [3.8, 4) is 0 Å². The van der Waals surface area contributed by atoms with Gasteiger partial charge in [0.1, 0.15) is 0 Å². The molecule has 1 saturated heterocycles. The zero-order chi connectivity index (χ0) is 12.5. The Hall–Kier alpha value is -2.17. The Morgan fingerprint density at radius 2 is 2.33 bits per heavy atom. The lowest BCUT2D eigenvalue weighted by Crippen LogP contribution is -2.16. The number of aliphatic imine (C=N–C) groups is 1. The Morgan fingerprint density at radius 3 is 3.06 bits per heavy atom. The fourth-order valence-electron chi connectivity index (χ4n) is 2.11. The lowest BCUT2D eigenvalue weighted by atomic mass is 10.0. The van der Waals surface area contributed by atoms with Crippen LogP contribution in [0.25, 0.3) is 11.0 Å². The van der Waals surface area contributed by atoms with Gasteiger partial charge < -0.3 is 9.72 Å². The number of rotatable bonds is 2. The predicted octanol–water partition coefficient (Wildman–Crippen LogP) is 2.22. The maximum atomic E-state index is 11.4. The van der Waals surface area contributed by atoms with Crippen molar-refractivity contribution >= 4 is 28.7 Å². The number of hydrogen-bond acceptors (Lipinski definition) is 4. The van der Waals surface area contributed by atoms with Crippen molar-refractivity contribution in [2.45, 2.75) is 13.3 Å². The fraction of sp³-hybridized carbons (Fsp3) is 0.308. The number of aromatic nitrogens is 2. The van der Waals surface area contributed by atoms with Crippen LogP contribution in [0.3, 0.4) is 0 Å². The number of ether oxygens (including phenoxy) is 1. The van der Waals surface area contributed by atoms with Gasteiger partial charge in [-0.3, -0.25) is 4.79 Å². The summed E-state index contributed by atoms with van der Waals surface area (Å²) in [7, 11) is 0. The van der Waals surface area contributed by atoms with Crippen LogP contribution in [0.5, 0.6) is 0 Å². The average Bonchev–Trinajstić information content (AvgIpc) is 2.94. The fourth-order valence-corrected chi connectivity index (χ4v) is 2.11. The van der Waals surface area contributed by atoms with Gasteiger partial charge in [0, 0.05) is 12.1 Å². The quantitative estimate of drug-likeness (QED) is 0.649. The summed E-state index contributed by atoms with van der Waals surface area (Å²) in [5, 5.41) is 0. The van der Waals surface area contributed by atoms with Gasteiger partial charge in [0.05, 0.1) is 23.6 Å². The molecule has 1 N–H and O–H groups in total. The molecule has 5 heteroatoms. The molecular formula is C13H13N3O2. The molecule has 3 rings (SSSR count). The first-order chi connectivity index (χ1) is 8.74. The van der Waals surface area contributed by atoms with Gasteiger partial charge >= 0.3 is 5.97 Å². The summed E-state index contributed by atoms with van der Waals surface area (Å²) in [6.45, 7) is 2.32. The van der Waals surface area contributed by atoms with Crippen molar-refractivity contribution in [1.82, 2.24) is 9.97 Å². The van der Waals surface area contributed by atoms with Crippen LogP contribution in [0.4, 0.5) is 5.95 Å². The van der Waals surface area contributed by atoms with Crippen molar-refractivity contribution in [1.29, 1.82) is 0 Å². The van der Waals surface area contributed by atoms with E-state index >= 15 is 0 Å². The van der Waals surface area contributed by atoms with E-state index in [0.717, 1.165) is 16.7 Å². The number of imidazole rings is 1. The Balaban J connectivity index is 1.92. The molecule has 1 unspecified atom stereocenters. The van der Waals surface area contributed by atoms with Gasteiger partial charge in [-0.25, -0.2) is 9.98 Å². The van der Waals surface area contributed by atoms with E-state index in [1.54, 1.807) is 0 Å². The van der Waals surface area contributed by atoms with Crippen LogP contribution >= 0.6 is 0 Å². The molecule has 0 bridgehead atoms. The van der Waals surface area contributed by atoms with Crippen LogP contribution in [0.1, 0.15) is 13.3 Å². The number of nitrogens with one attached hydrogen (secondary N) is 1. The van der Waals surface area contributed by atoms with E-state index in [9.17, 15) is 4.79 Å². The second kappa shape index (κ2) is 4.25. The van der Waals surface area contributed by atoms with E-state index in [1.165, 1.54) is 0 Å². The maximum absolute atomic E-state index is 11.4. The lowest BCUT2D eigenvalue weighted by molar-refractivity contribution is -0.139. The van der Waals surface area contributed by atoms with Crippen molar-refractivity contribution < 1.29 is 9.53 Å². The summed E-state index contributed by atoms with van der Waals surface area (Å²) >= 11 is 0. The van der Waals surface area contributed by atoms with Crippen LogP contribution in [-0.4, -0.2) is 28.3 Å². The number of aromatic amines is 1. The molecule has 0 amide bonds. The third-order valence-corrected chi connectivity index (χ3v) is 3.10. The number of carbonyl (C=O) groups is 1. The minimum Gasteiger partial charge on any atom is -0.465 e. The van der Waals surface area contributed by atoms with Crippen molar-refractivity contribution in [3.05, 3.63) is 24.3 Å². The second-order valence-electron chi connectivity index (χ2n) is 4.34. The van der Waals surface area contributed by atoms with Crippen LogP contribution in [0.15, 0.2) is 29.3 Å². The molecule has 0 saturated carbocycles. The van der Waals surface area contributed by atoms with Crippen LogP contribution in [-0.2, 0) is 9.53 Å². The van der Waals surface area contributed by atoms with Gasteiger partial charge in [-0.15, -0.1) is 0 Å². The van der Waals surface area contributed by atoms with Gasteiger partial charge in [0.15, 0.2) is 0 Å². The Morgan fingerprint density at radius 1 is 1.50 bits per heavy atom. The predicted molar refractivity (Wildman–Crippen MR) is 67.9 cm³/mol. The first kappa shape index (κ1) is 11.0. The highest BCUT2D eigenvalue weighted by Crippen LogP contribution is 2.20. The van der Waals surface area contributed by atoms with E-state index in [0.29, 0.717) is 19.0 Å². The monoisotopic (exact) mass is 243 g/mol. The largest absolute Gasteiger partial charge is 0.465 e. The minimum atomic E-state index is -0.224. The molecule has 0 aliphatic carbocycles. The number of H-pyrrole nitrogens is 1. The van der Waals surface area contributed by atoms with Crippen molar-refractivity contribution in [2.75, 3.05) is 6.61 Å². The van der Waals surface area contributed by atoms with Gasteiger partial charge in [-0.1, -0.05) is 12.1 Å². The smallest absolute Gasteiger partial charge is 0.314 e. The zero-order valence-corrected chi connectivity index (χ0v) is 10.0. The highest BCUT2D eigenvalue weighted by Gasteiger charge is 2.29. The summed E-state index contributed by atoms with van der Waals surface area (Å²) in [6.07, 6.45) is 0.703. The Bertz CT molecular complexity index is 597. The number of carbonyl (C=O) groups excluding carboxylic acids is 1. The maximum Gasteiger partial charge on any atom is 0.314 e. The van der Waals surface area contributed by atoms with E-state index in [-0.39, 0.29) is 11.9 Å². The topological polar surface area (TPSA) is 67.3 Å². The Kier molecular flexibility index (Phi) is 2.59. The van der Waals surface area contributed by atoms with E-state index in [2.05, 4.69) is 15.0 Å². The standard InChI is InChI=1S/C13H13N3O2/c1-8(9-6-7-18-12(9)17)14-13-15-10-4-2-3-5-11(10)16-13/h2-5,9H,6-7H2,1H3,(H,15,16)/b14-8+. The zero-order valence-electron chi connectivity index (χ0n) is 10.0. The molecule has 1 atom stereocenters. The molecule has 5 nitrogen and oxygen atoms in total. The molecule has 2 heterocycles. The number of nitrogens with zero attached hydrogens (tertiary/aromatic N) is 2. The van der Waals surface area contributed by atoms with Gasteiger partial charge in [-0.2, -0.15) is 0 Å². The molecule has 18 heavy (non-hydrogen) atoms. The summed E-state index contributed by atoms with van der Waals surface area (Å²) in [5.41, 5.74) is 2.56. The van der Waals surface area contributed by atoms with E-state index in [1.807, 2.05) is 31.2 Å².